The first-order valence-corrected chi connectivity index (χ1v) is 11.5. The average molecular weight is 472 g/mol. The molecule has 0 bridgehead atoms. The Morgan fingerprint density at radius 2 is 1.59 bits per heavy atom. The van der Waals surface area contributed by atoms with Gasteiger partial charge in [0.15, 0.2) is 16.6 Å². The number of ether oxygens (including phenoxy) is 2. The summed E-state index contributed by atoms with van der Waals surface area (Å²) < 4.78 is 10.8. The molecule has 3 aromatic carbocycles. The van der Waals surface area contributed by atoms with Crippen molar-refractivity contribution in [3.05, 3.63) is 100 Å². The number of aryl methyl sites for hydroxylation is 1. The highest BCUT2D eigenvalue weighted by molar-refractivity contribution is 7.15. The minimum Gasteiger partial charge on any atom is -0.454 e. The Hall–Kier alpha value is -4.17. The lowest BCUT2D eigenvalue weighted by Gasteiger charge is -2.06. The second-order valence-corrected chi connectivity index (χ2v) is 8.83. The van der Waals surface area contributed by atoms with E-state index in [-0.39, 0.29) is 18.6 Å². The van der Waals surface area contributed by atoms with E-state index >= 15 is 0 Å². The quantitative estimate of drug-likeness (QED) is 0.400. The monoisotopic (exact) mass is 471 g/mol. The van der Waals surface area contributed by atoms with Gasteiger partial charge in [0.1, 0.15) is 0 Å². The summed E-state index contributed by atoms with van der Waals surface area (Å²) in [6.45, 7) is 2.17. The van der Waals surface area contributed by atoms with Crippen LogP contribution in [-0.4, -0.2) is 23.6 Å². The molecule has 0 radical (unpaired) electrons. The van der Waals surface area contributed by atoms with Crippen molar-refractivity contribution >= 4 is 34.0 Å². The highest BCUT2D eigenvalue weighted by atomic mass is 32.1. The predicted octanol–water partition coefficient (Wildman–Crippen LogP) is 5.28. The lowest BCUT2D eigenvalue weighted by molar-refractivity contribution is 0.102. The van der Waals surface area contributed by atoms with Crippen LogP contribution in [0.3, 0.4) is 0 Å². The Kier molecular flexibility index (Phi) is 5.97. The van der Waals surface area contributed by atoms with Gasteiger partial charge in [0, 0.05) is 28.1 Å². The van der Waals surface area contributed by atoms with Crippen molar-refractivity contribution in [2.24, 2.45) is 0 Å². The fraction of sp³-hybridized carbons (Fsp3) is 0.115. The van der Waals surface area contributed by atoms with Crippen molar-refractivity contribution < 1.29 is 19.1 Å². The first-order chi connectivity index (χ1) is 16.5. The molecule has 0 saturated carbocycles. The molecule has 1 aromatic heterocycles. The number of carbonyl (C=O) groups excluding carboxylic acids is 2. The van der Waals surface area contributed by atoms with E-state index in [1.54, 1.807) is 36.4 Å². The Morgan fingerprint density at radius 1 is 0.882 bits per heavy atom. The normalized spacial score (nSPS) is 11.8. The van der Waals surface area contributed by atoms with Crippen LogP contribution in [0.5, 0.6) is 11.5 Å². The van der Waals surface area contributed by atoms with Crippen molar-refractivity contribution in [3.8, 4) is 11.5 Å². The zero-order valence-electron chi connectivity index (χ0n) is 18.3. The second-order valence-electron chi connectivity index (χ2n) is 7.74. The molecule has 0 unspecified atom stereocenters. The molecule has 7 nitrogen and oxygen atoms in total. The molecule has 0 spiro atoms. The number of benzene rings is 3. The van der Waals surface area contributed by atoms with E-state index in [0.29, 0.717) is 28.4 Å². The van der Waals surface area contributed by atoms with E-state index < -0.39 is 0 Å². The van der Waals surface area contributed by atoms with E-state index in [1.165, 1.54) is 11.3 Å². The molecule has 170 valence electrons. The van der Waals surface area contributed by atoms with Gasteiger partial charge >= 0.3 is 0 Å². The summed E-state index contributed by atoms with van der Waals surface area (Å²) in [4.78, 5) is 30.6. The van der Waals surface area contributed by atoms with Gasteiger partial charge < -0.3 is 14.8 Å². The Labute approximate surface area is 200 Å². The van der Waals surface area contributed by atoms with Crippen LogP contribution in [0.2, 0.25) is 0 Å². The van der Waals surface area contributed by atoms with Crippen LogP contribution in [0, 0.1) is 6.92 Å². The molecule has 2 N–H and O–H groups in total. The number of nitrogens with zero attached hydrogens (tertiary/aromatic N) is 1. The number of hydrogen-bond donors (Lipinski definition) is 2. The summed E-state index contributed by atoms with van der Waals surface area (Å²) in [5, 5.41) is 6.24. The molecule has 0 fully saturated rings. The van der Waals surface area contributed by atoms with Gasteiger partial charge in [0.25, 0.3) is 11.8 Å². The molecular formula is C26H21N3O4S. The number of anilines is 2. The fourth-order valence-corrected chi connectivity index (χ4v) is 4.54. The topological polar surface area (TPSA) is 89.6 Å². The van der Waals surface area contributed by atoms with Gasteiger partial charge in [-0.1, -0.05) is 24.3 Å². The largest absolute Gasteiger partial charge is 0.454 e. The van der Waals surface area contributed by atoms with E-state index in [1.807, 2.05) is 43.3 Å². The van der Waals surface area contributed by atoms with Crippen LogP contribution >= 0.6 is 11.3 Å². The summed E-state index contributed by atoms with van der Waals surface area (Å²) in [6.07, 6.45) is 0.686. The Balaban J connectivity index is 1.22. The van der Waals surface area contributed by atoms with E-state index in [0.717, 1.165) is 27.6 Å². The van der Waals surface area contributed by atoms with Crippen molar-refractivity contribution in [1.29, 1.82) is 0 Å². The SMILES string of the molecule is Cc1nc(NC(=O)c2ccc(NC(=O)c3ccccc3)cc2)sc1Cc1ccc2c(c1)OCO2. The summed E-state index contributed by atoms with van der Waals surface area (Å²) in [5.41, 5.74) is 3.61. The lowest BCUT2D eigenvalue weighted by atomic mass is 10.1. The van der Waals surface area contributed by atoms with Crippen LogP contribution in [0.1, 0.15) is 36.9 Å². The molecule has 34 heavy (non-hydrogen) atoms. The maximum atomic E-state index is 12.7. The van der Waals surface area contributed by atoms with Gasteiger partial charge in [-0.25, -0.2) is 4.98 Å². The van der Waals surface area contributed by atoms with E-state index in [4.69, 9.17) is 9.47 Å². The molecule has 0 saturated heterocycles. The molecule has 2 amide bonds. The highest BCUT2D eigenvalue weighted by Gasteiger charge is 2.16. The zero-order chi connectivity index (χ0) is 23.5. The van der Waals surface area contributed by atoms with Crippen molar-refractivity contribution in [3.63, 3.8) is 0 Å². The lowest BCUT2D eigenvalue weighted by Crippen LogP contribution is -2.13. The first-order valence-electron chi connectivity index (χ1n) is 10.7. The van der Waals surface area contributed by atoms with Gasteiger partial charge in [0.05, 0.1) is 5.69 Å². The van der Waals surface area contributed by atoms with E-state index in [2.05, 4.69) is 15.6 Å². The summed E-state index contributed by atoms with van der Waals surface area (Å²) >= 11 is 1.45. The average Bonchev–Trinajstić information content (AvgIpc) is 3.45. The number of aromatic nitrogens is 1. The molecule has 2 heterocycles. The van der Waals surface area contributed by atoms with Gasteiger partial charge in [-0.05, 0) is 61.0 Å². The van der Waals surface area contributed by atoms with Crippen LogP contribution in [0.25, 0.3) is 0 Å². The molecule has 8 heteroatoms. The maximum absolute atomic E-state index is 12.7. The number of nitrogens with one attached hydrogen (secondary N) is 2. The molecule has 1 aliphatic rings. The molecule has 0 aliphatic carbocycles. The summed E-state index contributed by atoms with van der Waals surface area (Å²) in [5.74, 6) is 1.04. The molecule has 5 rings (SSSR count). The Bertz CT molecular complexity index is 1350. The van der Waals surface area contributed by atoms with Gasteiger partial charge in [-0.3, -0.25) is 14.9 Å². The third-order valence-corrected chi connectivity index (χ3v) is 6.43. The number of fused-ring (bicyclic) bond motifs is 1. The summed E-state index contributed by atoms with van der Waals surface area (Å²) in [6, 6.07) is 21.6. The first kappa shape index (κ1) is 21.7. The highest BCUT2D eigenvalue weighted by Crippen LogP contribution is 2.34. The maximum Gasteiger partial charge on any atom is 0.257 e. The second kappa shape index (κ2) is 9.36. The van der Waals surface area contributed by atoms with Crippen LogP contribution in [0.4, 0.5) is 10.8 Å². The van der Waals surface area contributed by atoms with Crippen molar-refractivity contribution in [2.75, 3.05) is 17.4 Å². The number of hydrogen-bond acceptors (Lipinski definition) is 6. The van der Waals surface area contributed by atoms with E-state index in [9.17, 15) is 9.59 Å². The number of amides is 2. The predicted molar refractivity (Wildman–Crippen MR) is 131 cm³/mol. The van der Waals surface area contributed by atoms with Crippen molar-refractivity contribution in [1.82, 2.24) is 4.98 Å². The molecule has 0 atom stereocenters. The zero-order valence-corrected chi connectivity index (χ0v) is 19.1. The summed E-state index contributed by atoms with van der Waals surface area (Å²) in [7, 11) is 0. The number of rotatable bonds is 6. The number of thiazole rings is 1. The minimum absolute atomic E-state index is 0.203. The third kappa shape index (κ3) is 4.77. The molecule has 4 aromatic rings. The standard InChI is InChI=1S/C26H21N3O4S/c1-16-23(14-17-7-12-21-22(13-17)33-15-32-21)34-26(27-16)29-25(31)19-8-10-20(11-9-19)28-24(30)18-5-3-2-4-6-18/h2-13H,14-15H2,1H3,(H,28,30)(H,27,29,31). The fourth-order valence-electron chi connectivity index (χ4n) is 3.55. The minimum atomic E-state index is -0.260. The van der Waals surface area contributed by atoms with Gasteiger partial charge in [0.2, 0.25) is 6.79 Å². The third-order valence-electron chi connectivity index (χ3n) is 5.36. The van der Waals surface area contributed by atoms with Gasteiger partial charge in [-0.15, -0.1) is 11.3 Å². The molecular weight excluding hydrogens is 450 g/mol. The number of carbonyl (C=O) groups is 2. The van der Waals surface area contributed by atoms with Crippen LogP contribution < -0.4 is 20.1 Å². The van der Waals surface area contributed by atoms with Crippen molar-refractivity contribution in [2.45, 2.75) is 13.3 Å². The Morgan fingerprint density at radius 3 is 2.38 bits per heavy atom. The smallest absolute Gasteiger partial charge is 0.257 e. The van der Waals surface area contributed by atoms with Crippen LogP contribution in [-0.2, 0) is 6.42 Å². The molecule has 1 aliphatic heterocycles. The van der Waals surface area contributed by atoms with Crippen LogP contribution in [0.15, 0.2) is 72.8 Å². The van der Waals surface area contributed by atoms with Gasteiger partial charge in [-0.2, -0.15) is 0 Å².